The van der Waals surface area contributed by atoms with Crippen LogP contribution in [-0.2, 0) is 19.1 Å². The van der Waals surface area contributed by atoms with Crippen molar-refractivity contribution in [3.05, 3.63) is 12.2 Å². The normalized spacial score (nSPS) is 32.3. The summed E-state index contributed by atoms with van der Waals surface area (Å²) in [5, 5.41) is 6.52. The minimum Gasteiger partial charge on any atom is -0.381 e. The highest BCUT2D eigenvalue weighted by Crippen LogP contribution is 2.52. The third-order valence-corrected chi connectivity index (χ3v) is 6.83. The number of nitrogens with zero attached hydrogens (tertiary/aromatic N) is 2. The summed E-state index contributed by atoms with van der Waals surface area (Å²) in [7, 11) is 3.44. The first kappa shape index (κ1) is 22.5. The van der Waals surface area contributed by atoms with Gasteiger partial charge in [-0.15, -0.1) is 24.0 Å². The molecule has 1 saturated carbocycles. The van der Waals surface area contributed by atoms with Crippen LogP contribution < -0.4 is 10.6 Å². The number of guanidine groups is 1. The zero-order chi connectivity index (χ0) is 19.7. The van der Waals surface area contributed by atoms with Gasteiger partial charge in [-0.05, 0) is 18.3 Å². The number of hydrogen-bond acceptors (Lipinski definition) is 5. The fourth-order valence-electron chi connectivity index (χ4n) is 5.13. The van der Waals surface area contributed by atoms with Crippen molar-refractivity contribution in [3.8, 4) is 0 Å². The second-order valence-corrected chi connectivity index (χ2v) is 8.18. The fourth-order valence-corrected chi connectivity index (χ4v) is 5.13. The second-order valence-electron chi connectivity index (χ2n) is 8.18. The van der Waals surface area contributed by atoms with E-state index in [0.29, 0.717) is 38.8 Å². The molecule has 2 aliphatic carbocycles. The van der Waals surface area contributed by atoms with Gasteiger partial charge in [0.05, 0.1) is 17.4 Å². The summed E-state index contributed by atoms with van der Waals surface area (Å²) >= 11 is 0. The molecule has 2 N–H and O–H groups in total. The second kappa shape index (κ2) is 9.30. The van der Waals surface area contributed by atoms with Gasteiger partial charge in [-0.1, -0.05) is 12.2 Å². The number of fused-ring (bicyclic) bond motifs is 5. The van der Waals surface area contributed by atoms with Gasteiger partial charge in [-0.25, -0.2) is 0 Å². The molecule has 4 atom stereocenters. The predicted octanol–water partition coefficient (Wildman–Crippen LogP) is 0.772. The summed E-state index contributed by atoms with van der Waals surface area (Å²) in [6.07, 6.45) is 6.87. The van der Waals surface area contributed by atoms with Gasteiger partial charge >= 0.3 is 0 Å². The molecule has 0 radical (unpaired) electrons. The van der Waals surface area contributed by atoms with Crippen molar-refractivity contribution in [1.29, 1.82) is 0 Å². The average Bonchev–Trinajstić information content (AvgIpc) is 3.40. The van der Waals surface area contributed by atoms with Crippen molar-refractivity contribution in [2.45, 2.75) is 24.9 Å². The number of allylic oxidation sites excluding steroid dienone is 2. The first-order chi connectivity index (χ1) is 13.6. The van der Waals surface area contributed by atoms with Crippen LogP contribution in [0.2, 0.25) is 0 Å². The molecular weight excluding hydrogens is 487 g/mol. The number of methoxy groups -OCH3 is 1. The number of halogens is 1. The van der Waals surface area contributed by atoms with Crippen LogP contribution in [0.15, 0.2) is 17.1 Å². The number of carbonyl (C=O) groups excluding carboxylic acids is 2. The molecule has 3 fully saturated rings. The van der Waals surface area contributed by atoms with Crippen LogP contribution in [-0.4, -0.2) is 75.3 Å². The largest absolute Gasteiger partial charge is 0.381 e. The number of ether oxygens (including phenoxy) is 2. The van der Waals surface area contributed by atoms with E-state index in [2.05, 4.69) is 27.8 Å². The Hall–Kier alpha value is -1.20. The van der Waals surface area contributed by atoms with Crippen molar-refractivity contribution in [1.82, 2.24) is 15.5 Å². The fraction of sp³-hybridized carbons (Fsp3) is 0.750. The molecule has 0 aromatic rings. The highest BCUT2D eigenvalue weighted by molar-refractivity contribution is 14.0. The van der Waals surface area contributed by atoms with Crippen LogP contribution in [0.5, 0.6) is 0 Å². The van der Waals surface area contributed by atoms with Crippen molar-refractivity contribution >= 4 is 41.8 Å². The molecule has 2 saturated heterocycles. The van der Waals surface area contributed by atoms with Crippen molar-refractivity contribution in [2.75, 3.05) is 47.0 Å². The molecule has 9 heteroatoms. The Morgan fingerprint density at radius 3 is 2.38 bits per heavy atom. The average molecular weight is 518 g/mol. The van der Waals surface area contributed by atoms with E-state index in [1.54, 1.807) is 14.2 Å². The number of aliphatic imine (C=N–C) groups is 1. The summed E-state index contributed by atoms with van der Waals surface area (Å²) in [4.78, 5) is 31.1. The summed E-state index contributed by atoms with van der Waals surface area (Å²) in [5.41, 5.74) is -0.250. The summed E-state index contributed by atoms with van der Waals surface area (Å²) < 4.78 is 11.2. The van der Waals surface area contributed by atoms with Gasteiger partial charge in [0.1, 0.15) is 0 Å². The molecule has 4 aliphatic rings. The highest BCUT2D eigenvalue weighted by atomic mass is 127. The van der Waals surface area contributed by atoms with Crippen molar-refractivity contribution in [3.63, 3.8) is 0 Å². The van der Waals surface area contributed by atoms with E-state index in [0.717, 1.165) is 19.3 Å². The maximum Gasteiger partial charge on any atom is 0.233 e. The summed E-state index contributed by atoms with van der Waals surface area (Å²) in [6.45, 7) is 2.86. The Morgan fingerprint density at radius 2 is 1.83 bits per heavy atom. The zero-order valence-corrected chi connectivity index (χ0v) is 19.4. The lowest BCUT2D eigenvalue weighted by molar-refractivity contribution is -0.140. The Labute approximate surface area is 188 Å². The SMILES string of the molecule is CN=C(NCCN1C(=O)C2C3C=CC(C3)C2C1=O)NCC1(OC)CCOCC1.I. The van der Waals surface area contributed by atoms with Gasteiger partial charge in [0.2, 0.25) is 11.8 Å². The van der Waals surface area contributed by atoms with Crippen LogP contribution in [0.1, 0.15) is 19.3 Å². The summed E-state index contributed by atoms with van der Waals surface area (Å²) in [6, 6.07) is 0. The number of imide groups is 1. The third-order valence-electron chi connectivity index (χ3n) is 6.83. The standard InChI is InChI=1S/C20H30N4O4.HI/c1-21-19(23-12-20(27-2)5-9-28-10-6-20)22-7-8-24-17(25)15-13-3-4-14(11-13)16(15)18(24)26;/h3-4,13-16H,5-12H2,1-2H3,(H2,21,22,23);1H. The van der Waals surface area contributed by atoms with Gasteiger partial charge in [0.25, 0.3) is 0 Å². The topological polar surface area (TPSA) is 92.3 Å². The minimum atomic E-state index is -0.250. The molecule has 0 spiro atoms. The molecular formula is C20H31IN4O4. The van der Waals surface area contributed by atoms with E-state index in [4.69, 9.17) is 9.47 Å². The molecule has 8 nitrogen and oxygen atoms in total. The van der Waals surface area contributed by atoms with E-state index < -0.39 is 0 Å². The lowest BCUT2D eigenvalue weighted by Crippen LogP contribution is -2.51. The third kappa shape index (κ3) is 4.18. The monoisotopic (exact) mass is 518 g/mol. The van der Waals surface area contributed by atoms with E-state index in [-0.39, 0.29) is 65.1 Å². The van der Waals surface area contributed by atoms with Gasteiger partial charge in [-0.3, -0.25) is 19.5 Å². The van der Waals surface area contributed by atoms with E-state index in [1.807, 2.05) is 0 Å². The molecule has 2 heterocycles. The van der Waals surface area contributed by atoms with Crippen LogP contribution in [0.25, 0.3) is 0 Å². The number of rotatable bonds is 6. The lowest BCUT2D eigenvalue weighted by atomic mass is 9.85. The Kier molecular flexibility index (Phi) is 7.21. The molecule has 4 rings (SSSR count). The quantitative estimate of drug-likeness (QED) is 0.178. The van der Waals surface area contributed by atoms with Crippen LogP contribution in [0.3, 0.4) is 0 Å². The number of amides is 2. The summed E-state index contributed by atoms with van der Waals surface area (Å²) in [5.74, 6) is 0.885. The Balaban J connectivity index is 0.00000240. The number of nitrogens with one attached hydrogen (secondary N) is 2. The number of carbonyl (C=O) groups is 2. The van der Waals surface area contributed by atoms with E-state index in [1.165, 1.54) is 4.90 Å². The van der Waals surface area contributed by atoms with Gasteiger partial charge in [0, 0.05) is 59.8 Å². The predicted molar refractivity (Wildman–Crippen MR) is 119 cm³/mol. The van der Waals surface area contributed by atoms with Gasteiger partial charge in [0.15, 0.2) is 5.96 Å². The van der Waals surface area contributed by atoms with Crippen molar-refractivity contribution in [2.24, 2.45) is 28.7 Å². The lowest BCUT2D eigenvalue weighted by Gasteiger charge is -2.36. The van der Waals surface area contributed by atoms with Crippen LogP contribution >= 0.6 is 24.0 Å². The Bertz CT molecular complexity index is 662. The molecule has 4 unspecified atom stereocenters. The minimum absolute atomic E-state index is 0. The molecule has 2 amide bonds. The molecule has 29 heavy (non-hydrogen) atoms. The van der Waals surface area contributed by atoms with Crippen molar-refractivity contribution < 1.29 is 19.1 Å². The maximum atomic E-state index is 12.7. The highest BCUT2D eigenvalue weighted by Gasteiger charge is 2.58. The molecule has 162 valence electrons. The smallest absolute Gasteiger partial charge is 0.233 e. The first-order valence-electron chi connectivity index (χ1n) is 10.2. The maximum absolute atomic E-state index is 12.7. The first-order valence-corrected chi connectivity index (χ1v) is 10.2. The van der Waals surface area contributed by atoms with E-state index in [9.17, 15) is 9.59 Å². The number of likely N-dealkylation sites (tertiary alicyclic amines) is 1. The van der Waals surface area contributed by atoms with Gasteiger partial charge < -0.3 is 20.1 Å². The van der Waals surface area contributed by atoms with Crippen LogP contribution in [0, 0.1) is 23.7 Å². The Morgan fingerprint density at radius 1 is 1.21 bits per heavy atom. The molecule has 2 bridgehead atoms. The molecule has 2 aliphatic heterocycles. The zero-order valence-electron chi connectivity index (χ0n) is 17.1. The van der Waals surface area contributed by atoms with Gasteiger partial charge in [-0.2, -0.15) is 0 Å². The van der Waals surface area contributed by atoms with Crippen LogP contribution in [0.4, 0.5) is 0 Å². The molecule has 0 aromatic carbocycles. The molecule has 0 aromatic heterocycles. The number of hydrogen-bond donors (Lipinski definition) is 2. The van der Waals surface area contributed by atoms with E-state index >= 15 is 0 Å².